The van der Waals surface area contributed by atoms with E-state index >= 15 is 0 Å². The van der Waals surface area contributed by atoms with E-state index in [1.807, 2.05) is 23.1 Å². The Hall–Kier alpha value is -2.67. The number of anilines is 2. The molecule has 1 aromatic heterocycles. The predicted molar refractivity (Wildman–Crippen MR) is 125 cm³/mol. The first-order valence-corrected chi connectivity index (χ1v) is 11.7. The van der Waals surface area contributed by atoms with Gasteiger partial charge in [0.1, 0.15) is 17.4 Å². The summed E-state index contributed by atoms with van der Waals surface area (Å²) in [4.78, 5) is 24.3. The van der Waals surface area contributed by atoms with Crippen molar-refractivity contribution >= 4 is 17.4 Å². The van der Waals surface area contributed by atoms with Crippen molar-refractivity contribution in [3.63, 3.8) is 0 Å². The second-order valence-corrected chi connectivity index (χ2v) is 8.66. The zero-order chi connectivity index (χ0) is 22.3. The highest BCUT2D eigenvalue weighted by atomic mass is 19.1. The van der Waals surface area contributed by atoms with Crippen LogP contribution in [0.25, 0.3) is 0 Å². The second kappa shape index (κ2) is 10.8. The molecule has 1 saturated heterocycles. The first kappa shape index (κ1) is 22.5. The number of hydrogen-bond acceptors (Lipinski definition) is 5. The minimum absolute atomic E-state index is 0.119. The summed E-state index contributed by atoms with van der Waals surface area (Å²) in [5.74, 6) is 1.36. The first-order valence-electron chi connectivity index (χ1n) is 11.7. The number of carbonyl (C=O) groups excluding carboxylic acids is 1. The summed E-state index contributed by atoms with van der Waals surface area (Å²) in [7, 11) is 1.57. The Kier molecular flexibility index (Phi) is 7.58. The number of rotatable bonds is 7. The fourth-order valence-electron chi connectivity index (χ4n) is 4.79. The van der Waals surface area contributed by atoms with Crippen LogP contribution < -0.4 is 14.5 Å². The van der Waals surface area contributed by atoms with Crippen molar-refractivity contribution in [2.24, 2.45) is 5.92 Å². The minimum atomic E-state index is -0.290. The van der Waals surface area contributed by atoms with Crippen molar-refractivity contribution < 1.29 is 13.9 Å². The van der Waals surface area contributed by atoms with Crippen LogP contribution in [-0.2, 0) is 4.79 Å². The van der Waals surface area contributed by atoms with Crippen LogP contribution in [0.3, 0.4) is 0 Å². The standard InChI is InChI=1S/C25H33FN4O2/c1-32-23-19-21(26)10-11-22(23)29-16-13-28(14-17-29)15-18-30(24-9-5-6-12-27-24)25(31)20-7-3-2-4-8-20/h5-6,9-12,19-20H,2-4,7-8,13-18H2,1H3. The molecule has 0 atom stereocenters. The lowest BCUT2D eigenvalue weighted by Gasteiger charge is -2.37. The Balaban J connectivity index is 1.36. The Morgan fingerprint density at radius 2 is 1.91 bits per heavy atom. The van der Waals surface area contributed by atoms with Gasteiger partial charge in [0.15, 0.2) is 0 Å². The number of methoxy groups -OCH3 is 1. The van der Waals surface area contributed by atoms with Crippen LogP contribution in [0.5, 0.6) is 5.75 Å². The van der Waals surface area contributed by atoms with Crippen molar-refractivity contribution in [2.75, 3.05) is 56.2 Å². The van der Waals surface area contributed by atoms with Gasteiger partial charge in [-0.05, 0) is 37.1 Å². The quantitative estimate of drug-likeness (QED) is 0.652. The number of amides is 1. The van der Waals surface area contributed by atoms with Gasteiger partial charge in [0.2, 0.25) is 5.91 Å². The van der Waals surface area contributed by atoms with E-state index in [0.29, 0.717) is 12.3 Å². The third-order valence-corrected chi connectivity index (χ3v) is 6.64. The van der Waals surface area contributed by atoms with E-state index in [2.05, 4.69) is 14.8 Å². The summed E-state index contributed by atoms with van der Waals surface area (Å²) in [6.07, 6.45) is 7.24. The van der Waals surface area contributed by atoms with Gasteiger partial charge in [0.05, 0.1) is 12.8 Å². The molecule has 0 bridgehead atoms. The van der Waals surface area contributed by atoms with Gasteiger partial charge < -0.3 is 9.64 Å². The molecule has 1 aromatic carbocycles. The zero-order valence-electron chi connectivity index (χ0n) is 18.9. The number of hydrogen-bond donors (Lipinski definition) is 0. The maximum Gasteiger partial charge on any atom is 0.231 e. The van der Waals surface area contributed by atoms with Gasteiger partial charge in [-0.25, -0.2) is 9.37 Å². The van der Waals surface area contributed by atoms with Crippen molar-refractivity contribution in [1.82, 2.24) is 9.88 Å². The SMILES string of the molecule is COc1cc(F)ccc1N1CCN(CCN(C(=O)C2CCCCC2)c2ccccn2)CC1. The van der Waals surface area contributed by atoms with E-state index < -0.39 is 0 Å². The fourth-order valence-corrected chi connectivity index (χ4v) is 4.79. The normalized spacial score (nSPS) is 17.9. The highest BCUT2D eigenvalue weighted by Crippen LogP contribution is 2.30. The summed E-state index contributed by atoms with van der Waals surface area (Å²) < 4.78 is 18.9. The number of halogens is 1. The van der Waals surface area contributed by atoms with Gasteiger partial charge in [-0.1, -0.05) is 25.3 Å². The predicted octanol–water partition coefficient (Wildman–Crippen LogP) is 3.96. The van der Waals surface area contributed by atoms with Crippen molar-refractivity contribution in [3.8, 4) is 5.75 Å². The topological polar surface area (TPSA) is 48.9 Å². The molecule has 0 radical (unpaired) electrons. The van der Waals surface area contributed by atoms with Crippen LogP contribution in [0.1, 0.15) is 32.1 Å². The summed E-state index contributed by atoms with van der Waals surface area (Å²) in [6, 6.07) is 10.5. The number of piperazine rings is 1. The van der Waals surface area contributed by atoms with E-state index in [0.717, 1.165) is 69.9 Å². The molecule has 2 aliphatic rings. The van der Waals surface area contributed by atoms with Gasteiger partial charge in [-0.15, -0.1) is 0 Å². The molecule has 0 unspecified atom stereocenters. The molecule has 1 aliphatic heterocycles. The number of aromatic nitrogens is 1. The van der Waals surface area contributed by atoms with E-state index in [9.17, 15) is 9.18 Å². The lowest BCUT2D eigenvalue weighted by molar-refractivity contribution is -0.123. The number of carbonyl (C=O) groups is 1. The number of ether oxygens (including phenoxy) is 1. The van der Waals surface area contributed by atoms with Crippen LogP contribution in [0.2, 0.25) is 0 Å². The molecule has 2 fully saturated rings. The summed E-state index contributed by atoms with van der Waals surface area (Å²) in [6.45, 7) is 4.89. The van der Waals surface area contributed by atoms with E-state index in [-0.39, 0.29) is 17.6 Å². The Morgan fingerprint density at radius 1 is 1.12 bits per heavy atom. The molecule has 2 heterocycles. The van der Waals surface area contributed by atoms with Crippen molar-refractivity contribution in [3.05, 3.63) is 48.4 Å². The minimum Gasteiger partial charge on any atom is -0.494 e. The van der Waals surface area contributed by atoms with Crippen LogP contribution in [0.4, 0.5) is 15.9 Å². The smallest absolute Gasteiger partial charge is 0.231 e. The van der Waals surface area contributed by atoms with Gasteiger partial charge in [-0.3, -0.25) is 14.6 Å². The number of nitrogens with zero attached hydrogens (tertiary/aromatic N) is 4. The van der Waals surface area contributed by atoms with Crippen LogP contribution in [-0.4, -0.2) is 62.2 Å². The molecule has 0 N–H and O–H groups in total. The fraction of sp³-hybridized carbons (Fsp3) is 0.520. The highest BCUT2D eigenvalue weighted by molar-refractivity contribution is 5.94. The molecule has 4 rings (SSSR count). The summed E-state index contributed by atoms with van der Waals surface area (Å²) >= 11 is 0. The largest absolute Gasteiger partial charge is 0.494 e. The van der Waals surface area contributed by atoms with Crippen molar-refractivity contribution in [2.45, 2.75) is 32.1 Å². The lowest BCUT2D eigenvalue weighted by atomic mass is 9.88. The first-order chi connectivity index (χ1) is 15.7. The average Bonchev–Trinajstić information content (AvgIpc) is 2.85. The molecular formula is C25H33FN4O2. The molecule has 6 nitrogen and oxygen atoms in total. The molecule has 7 heteroatoms. The molecule has 1 saturated carbocycles. The maximum atomic E-state index is 13.5. The van der Waals surface area contributed by atoms with E-state index in [1.54, 1.807) is 19.4 Å². The molecule has 32 heavy (non-hydrogen) atoms. The van der Waals surface area contributed by atoms with E-state index in [4.69, 9.17) is 4.74 Å². The van der Waals surface area contributed by atoms with Crippen LogP contribution >= 0.6 is 0 Å². The molecule has 1 amide bonds. The highest BCUT2D eigenvalue weighted by Gasteiger charge is 2.28. The number of benzene rings is 1. The Labute approximate surface area is 190 Å². The van der Waals surface area contributed by atoms with Gasteiger partial charge >= 0.3 is 0 Å². The van der Waals surface area contributed by atoms with E-state index in [1.165, 1.54) is 18.6 Å². The third kappa shape index (κ3) is 5.38. The van der Waals surface area contributed by atoms with Crippen molar-refractivity contribution in [1.29, 1.82) is 0 Å². The zero-order valence-corrected chi connectivity index (χ0v) is 18.9. The molecule has 2 aromatic rings. The van der Waals surface area contributed by atoms with Gasteiger partial charge in [-0.2, -0.15) is 0 Å². The van der Waals surface area contributed by atoms with Gasteiger partial charge in [0, 0.05) is 57.4 Å². The average molecular weight is 441 g/mol. The Morgan fingerprint density at radius 3 is 2.59 bits per heavy atom. The monoisotopic (exact) mass is 440 g/mol. The molecule has 0 spiro atoms. The summed E-state index contributed by atoms with van der Waals surface area (Å²) in [5, 5.41) is 0. The second-order valence-electron chi connectivity index (χ2n) is 8.66. The summed E-state index contributed by atoms with van der Waals surface area (Å²) in [5.41, 5.74) is 0.927. The Bertz CT molecular complexity index is 881. The van der Waals surface area contributed by atoms with Gasteiger partial charge in [0.25, 0.3) is 0 Å². The molecule has 172 valence electrons. The van der Waals surface area contributed by atoms with Crippen LogP contribution in [0.15, 0.2) is 42.6 Å². The lowest BCUT2D eigenvalue weighted by Crippen LogP contribution is -2.50. The van der Waals surface area contributed by atoms with Crippen LogP contribution in [0, 0.1) is 11.7 Å². The molecular weight excluding hydrogens is 407 g/mol. The third-order valence-electron chi connectivity index (χ3n) is 6.64. The molecule has 1 aliphatic carbocycles. The number of pyridine rings is 1. The maximum absolute atomic E-state index is 13.5.